The van der Waals surface area contributed by atoms with Crippen LogP contribution in [-0.4, -0.2) is 17.0 Å². The molecule has 0 saturated carbocycles. The number of carbonyl (C=O) groups excluding carboxylic acids is 1. The predicted molar refractivity (Wildman–Crippen MR) is 98.0 cm³/mol. The first-order valence-electron chi connectivity index (χ1n) is 7.99. The number of aromatic nitrogens is 1. The van der Waals surface area contributed by atoms with E-state index in [0.717, 1.165) is 6.42 Å². The minimum Gasteiger partial charge on any atom is -0.462 e. The van der Waals surface area contributed by atoms with E-state index in [-0.39, 0.29) is 5.97 Å². The maximum absolute atomic E-state index is 11.7. The standard InChI is InChI=1S/C20H17NO2S/c1-2-23-20(22)15-9-7-14(8-10-15)11-17-13-24-19-12-16-5-3-4-6-18(16)21(17)19/h3-10,12-13H,2,11H2,1H3. The van der Waals surface area contributed by atoms with Crippen molar-refractivity contribution in [2.75, 3.05) is 6.61 Å². The molecule has 4 aromatic rings. The first kappa shape index (κ1) is 15.0. The van der Waals surface area contributed by atoms with E-state index in [1.807, 2.05) is 31.2 Å². The molecule has 0 radical (unpaired) electrons. The lowest BCUT2D eigenvalue weighted by Gasteiger charge is -2.05. The fourth-order valence-corrected chi connectivity index (χ4v) is 3.96. The van der Waals surface area contributed by atoms with E-state index in [4.69, 9.17) is 4.74 Å². The smallest absolute Gasteiger partial charge is 0.338 e. The Morgan fingerprint density at radius 2 is 1.92 bits per heavy atom. The summed E-state index contributed by atoms with van der Waals surface area (Å²) in [5, 5.41) is 3.48. The summed E-state index contributed by atoms with van der Waals surface area (Å²) < 4.78 is 7.35. The molecule has 120 valence electrons. The molecule has 0 spiro atoms. The highest BCUT2D eigenvalue weighted by molar-refractivity contribution is 7.15. The van der Waals surface area contributed by atoms with Crippen LogP contribution in [-0.2, 0) is 11.2 Å². The first-order chi connectivity index (χ1) is 11.8. The Labute approximate surface area is 144 Å². The summed E-state index contributed by atoms with van der Waals surface area (Å²) in [6.07, 6.45) is 0.835. The lowest BCUT2D eigenvalue weighted by atomic mass is 10.1. The fourth-order valence-electron chi connectivity index (χ4n) is 3.00. The number of esters is 1. The SMILES string of the molecule is CCOC(=O)c1ccc(Cc2csc3cc4ccccc4n23)cc1. The third-order valence-electron chi connectivity index (χ3n) is 4.13. The Kier molecular flexibility index (Phi) is 3.82. The molecule has 4 rings (SSSR count). The fraction of sp³-hybridized carbons (Fsp3) is 0.150. The van der Waals surface area contributed by atoms with Crippen LogP contribution in [0, 0.1) is 0 Å². The van der Waals surface area contributed by atoms with Crippen LogP contribution in [0.3, 0.4) is 0 Å². The van der Waals surface area contributed by atoms with Crippen molar-refractivity contribution < 1.29 is 9.53 Å². The molecule has 0 fully saturated rings. The van der Waals surface area contributed by atoms with Gasteiger partial charge in [0.05, 0.1) is 17.7 Å². The van der Waals surface area contributed by atoms with Crippen LogP contribution in [0.4, 0.5) is 0 Å². The van der Waals surface area contributed by atoms with Crippen molar-refractivity contribution in [3.63, 3.8) is 0 Å². The summed E-state index contributed by atoms with van der Waals surface area (Å²) in [4.78, 5) is 13.0. The van der Waals surface area contributed by atoms with Gasteiger partial charge in [0.15, 0.2) is 0 Å². The summed E-state index contributed by atoms with van der Waals surface area (Å²) in [5.41, 5.74) is 4.29. The number of ether oxygens (including phenoxy) is 1. The molecule has 24 heavy (non-hydrogen) atoms. The molecular weight excluding hydrogens is 318 g/mol. The van der Waals surface area contributed by atoms with E-state index in [1.165, 1.54) is 27.0 Å². The van der Waals surface area contributed by atoms with Gasteiger partial charge in [-0.25, -0.2) is 4.79 Å². The number of hydrogen-bond acceptors (Lipinski definition) is 3. The summed E-state index contributed by atoms with van der Waals surface area (Å²) in [6, 6.07) is 18.4. The van der Waals surface area contributed by atoms with Crippen LogP contribution in [0.25, 0.3) is 15.7 Å². The molecule has 3 nitrogen and oxygen atoms in total. The molecule has 2 heterocycles. The van der Waals surface area contributed by atoms with Crippen LogP contribution < -0.4 is 0 Å². The van der Waals surface area contributed by atoms with Gasteiger partial charge in [-0.15, -0.1) is 11.3 Å². The number of para-hydroxylation sites is 1. The van der Waals surface area contributed by atoms with E-state index in [1.54, 1.807) is 11.3 Å². The highest BCUT2D eigenvalue weighted by Crippen LogP contribution is 2.27. The molecule has 4 heteroatoms. The molecule has 2 aromatic heterocycles. The van der Waals surface area contributed by atoms with E-state index < -0.39 is 0 Å². The average Bonchev–Trinajstić information content (AvgIpc) is 3.15. The minimum absolute atomic E-state index is 0.265. The molecular formula is C20H17NO2S. The van der Waals surface area contributed by atoms with E-state index in [0.29, 0.717) is 12.2 Å². The number of benzene rings is 2. The van der Waals surface area contributed by atoms with Crippen LogP contribution in [0.1, 0.15) is 28.5 Å². The van der Waals surface area contributed by atoms with Gasteiger partial charge < -0.3 is 9.14 Å². The van der Waals surface area contributed by atoms with Crippen LogP contribution in [0.15, 0.2) is 60.0 Å². The molecule has 0 bridgehead atoms. The summed E-state index contributed by atoms with van der Waals surface area (Å²) in [5.74, 6) is -0.265. The lowest BCUT2D eigenvalue weighted by Crippen LogP contribution is -2.04. The molecule has 0 amide bonds. The molecule has 0 atom stereocenters. The van der Waals surface area contributed by atoms with Crippen molar-refractivity contribution >= 4 is 33.0 Å². The van der Waals surface area contributed by atoms with Crippen molar-refractivity contribution in [3.8, 4) is 0 Å². The number of nitrogens with zero attached hydrogens (tertiary/aromatic N) is 1. The van der Waals surface area contributed by atoms with Crippen LogP contribution in [0.2, 0.25) is 0 Å². The number of fused-ring (bicyclic) bond motifs is 3. The third-order valence-corrected chi connectivity index (χ3v) is 5.06. The summed E-state index contributed by atoms with van der Waals surface area (Å²) in [7, 11) is 0. The van der Waals surface area contributed by atoms with Gasteiger partial charge in [-0.1, -0.05) is 30.3 Å². The third kappa shape index (κ3) is 2.59. The van der Waals surface area contributed by atoms with Gasteiger partial charge in [0.2, 0.25) is 0 Å². The average molecular weight is 335 g/mol. The molecule has 2 aromatic carbocycles. The van der Waals surface area contributed by atoms with Crippen molar-refractivity contribution in [1.29, 1.82) is 0 Å². The zero-order valence-electron chi connectivity index (χ0n) is 13.4. The zero-order valence-corrected chi connectivity index (χ0v) is 14.2. The van der Waals surface area contributed by atoms with E-state index in [9.17, 15) is 4.79 Å². The molecule has 0 saturated heterocycles. The Hall–Kier alpha value is -2.59. The maximum Gasteiger partial charge on any atom is 0.338 e. The van der Waals surface area contributed by atoms with Gasteiger partial charge in [-0.3, -0.25) is 0 Å². The van der Waals surface area contributed by atoms with Gasteiger partial charge in [0.1, 0.15) is 4.83 Å². The second kappa shape index (κ2) is 6.13. The predicted octanol–water partition coefficient (Wildman–Crippen LogP) is 4.92. The molecule has 0 aliphatic heterocycles. The summed E-state index contributed by atoms with van der Waals surface area (Å²) >= 11 is 1.76. The topological polar surface area (TPSA) is 30.7 Å². The molecule has 0 unspecified atom stereocenters. The monoisotopic (exact) mass is 335 g/mol. The van der Waals surface area contributed by atoms with E-state index in [2.05, 4.69) is 40.1 Å². The second-order valence-corrected chi connectivity index (χ2v) is 6.59. The Bertz CT molecular complexity index is 1010. The summed E-state index contributed by atoms with van der Waals surface area (Å²) in [6.45, 7) is 2.21. The van der Waals surface area contributed by atoms with Gasteiger partial charge in [-0.05, 0) is 36.8 Å². The van der Waals surface area contributed by atoms with Gasteiger partial charge in [0.25, 0.3) is 0 Å². The van der Waals surface area contributed by atoms with Crippen molar-refractivity contribution in [2.45, 2.75) is 13.3 Å². The Morgan fingerprint density at radius 1 is 1.12 bits per heavy atom. The normalized spacial score (nSPS) is 11.2. The maximum atomic E-state index is 11.7. The number of hydrogen-bond donors (Lipinski definition) is 0. The van der Waals surface area contributed by atoms with Crippen molar-refractivity contribution in [3.05, 3.63) is 76.8 Å². The zero-order chi connectivity index (χ0) is 16.5. The highest BCUT2D eigenvalue weighted by Gasteiger charge is 2.10. The molecule has 0 N–H and O–H groups in total. The largest absolute Gasteiger partial charge is 0.462 e. The first-order valence-corrected chi connectivity index (χ1v) is 8.87. The number of thiazole rings is 1. The van der Waals surface area contributed by atoms with Crippen LogP contribution >= 0.6 is 11.3 Å². The van der Waals surface area contributed by atoms with Crippen molar-refractivity contribution in [2.24, 2.45) is 0 Å². The molecule has 0 aliphatic rings. The number of carbonyl (C=O) groups is 1. The number of rotatable bonds is 4. The molecule has 0 aliphatic carbocycles. The van der Waals surface area contributed by atoms with Gasteiger partial charge in [0, 0.05) is 22.9 Å². The second-order valence-electron chi connectivity index (χ2n) is 5.70. The van der Waals surface area contributed by atoms with Crippen LogP contribution in [0.5, 0.6) is 0 Å². The van der Waals surface area contributed by atoms with Gasteiger partial charge >= 0.3 is 5.97 Å². The Balaban J connectivity index is 1.66. The highest BCUT2D eigenvalue weighted by atomic mass is 32.1. The van der Waals surface area contributed by atoms with Crippen molar-refractivity contribution in [1.82, 2.24) is 4.40 Å². The van der Waals surface area contributed by atoms with E-state index >= 15 is 0 Å². The quantitative estimate of drug-likeness (QED) is 0.496. The Morgan fingerprint density at radius 3 is 2.71 bits per heavy atom. The minimum atomic E-state index is -0.265. The van der Waals surface area contributed by atoms with Gasteiger partial charge in [-0.2, -0.15) is 0 Å². The lowest BCUT2D eigenvalue weighted by molar-refractivity contribution is 0.0526.